The highest BCUT2D eigenvalue weighted by Gasteiger charge is 2.13. The lowest BCUT2D eigenvalue weighted by Crippen LogP contribution is -2.18. The summed E-state index contributed by atoms with van der Waals surface area (Å²) in [5.41, 5.74) is 7.43. The second kappa shape index (κ2) is 6.25. The van der Waals surface area contributed by atoms with Gasteiger partial charge in [-0.1, -0.05) is 13.8 Å². The van der Waals surface area contributed by atoms with E-state index in [-0.39, 0.29) is 17.2 Å². The van der Waals surface area contributed by atoms with Crippen molar-refractivity contribution >= 4 is 17.5 Å². The van der Waals surface area contributed by atoms with E-state index < -0.39 is 11.7 Å². The van der Waals surface area contributed by atoms with Gasteiger partial charge in [-0.3, -0.25) is 10.1 Å². The summed E-state index contributed by atoms with van der Waals surface area (Å²) in [6, 6.07) is 3.57. The topological polar surface area (TPSA) is 93.8 Å². The quantitative estimate of drug-likeness (QED) is 0.839. The first-order chi connectivity index (χ1) is 10.0. The van der Waals surface area contributed by atoms with Gasteiger partial charge in [0.25, 0.3) is 5.91 Å². The zero-order valence-corrected chi connectivity index (χ0v) is 11.9. The maximum Gasteiger partial charge on any atom is 0.260 e. The van der Waals surface area contributed by atoms with Gasteiger partial charge in [-0.2, -0.15) is 0 Å². The van der Waals surface area contributed by atoms with Gasteiger partial charge in [-0.05, 0) is 31.0 Å². The molecule has 2 rings (SSSR count). The van der Waals surface area contributed by atoms with E-state index in [9.17, 15) is 9.18 Å². The predicted molar refractivity (Wildman–Crippen MR) is 77.3 cm³/mol. The van der Waals surface area contributed by atoms with E-state index in [1.165, 1.54) is 12.1 Å². The van der Waals surface area contributed by atoms with Crippen LogP contribution in [-0.2, 0) is 12.8 Å². The van der Waals surface area contributed by atoms with Crippen LogP contribution < -0.4 is 11.1 Å². The smallest absolute Gasteiger partial charge is 0.260 e. The van der Waals surface area contributed by atoms with Crippen molar-refractivity contribution in [2.45, 2.75) is 26.7 Å². The highest BCUT2D eigenvalue weighted by atomic mass is 19.1. The molecule has 0 atom stereocenters. The molecule has 1 amide bonds. The van der Waals surface area contributed by atoms with E-state index in [0.717, 1.165) is 23.9 Å². The first kappa shape index (κ1) is 14.8. The molecule has 0 unspecified atom stereocenters. The highest BCUT2D eigenvalue weighted by Crippen LogP contribution is 2.15. The molecular formula is C14H16FN5O. The van der Waals surface area contributed by atoms with Crippen LogP contribution in [0, 0.1) is 5.82 Å². The molecule has 7 heteroatoms. The minimum Gasteiger partial charge on any atom is -0.398 e. The summed E-state index contributed by atoms with van der Waals surface area (Å²) in [7, 11) is 0. The molecule has 1 heterocycles. The molecule has 6 nitrogen and oxygen atoms in total. The molecule has 0 aliphatic rings. The molecule has 0 saturated heterocycles. The molecule has 21 heavy (non-hydrogen) atoms. The number of nitrogen functional groups attached to an aromatic ring is 1. The summed E-state index contributed by atoms with van der Waals surface area (Å²) in [5, 5.41) is 10.4. The number of hydrogen-bond donors (Lipinski definition) is 2. The monoisotopic (exact) mass is 289 g/mol. The Morgan fingerprint density at radius 3 is 2.57 bits per heavy atom. The van der Waals surface area contributed by atoms with E-state index in [4.69, 9.17) is 5.73 Å². The Hall–Kier alpha value is -2.57. The standard InChI is InChI=1S/C14H16FN5O/c1-3-11-12(4-2)19-20-14(17-11)18-13(21)9-6-5-8(15)7-10(9)16/h5-7H,3-4,16H2,1-2H3,(H,17,18,20,21). The Balaban J connectivity index is 2.23. The van der Waals surface area contributed by atoms with Crippen molar-refractivity contribution in [2.24, 2.45) is 0 Å². The molecule has 1 aromatic carbocycles. The first-order valence-corrected chi connectivity index (χ1v) is 6.64. The first-order valence-electron chi connectivity index (χ1n) is 6.64. The molecule has 3 N–H and O–H groups in total. The molecular weight excluding hydrogens is 273 g/mol. The fourth-order valence-corrected chi connectivity index (χ4v) is 1.90. The van der Waals surface area contributed by atoms with E-state index in [0.29, 0.717) is 6.42 Å². The normalized spacial score (nSPS) is 10.4. The van der Waals surface area contributed by atoms with E-state index in [1.54, 1.807) is 0 Å². The van der Waals surface area contributed by atoms with Gasteiger partial charge in [-0.25, -0.2) is 9.37 Å². The summed E-state index contributed by atoms with van der Waals surface area (Å²) < 4.78 is 13.0. The van der Waals surface area contributed by atoms with Crippen LogP contribution in [0.3, 0.4) is 0 Å². The van der Waals surface area contributed by atoms with Crippen LogP contribution >= 0.6 is 0 Å². The number of nitrogens with one attached hydrogen (secondary N) is 1. The lowest BCUT2D eigenvalue weighted by atomic mass is 10.1. The molecule has 0 aliphatic carbocycles. The van der Waals surface area contributed by atoms with Crippen LogP contribution in [0.2, 0.25) is 0 Å². The number of aromatic nitrogens is 3. The number of hydrogen-bond acceptors (Lipinski definition) is 5. The second-order valence-electron chi connectivity index (χ2n) is 4.42. The van der Waals surface area contributed by atoms with Crippen LogP contribution in [-0.4, -0.2) is 21.1 Å². The van der Waals surface area contributed by atoms with Crippen LogP contribution in [0.25, 0.3) is 0 Å². The number of carbonyl (C=O) groups is 1. The van der Waals surface area contributed by atoms with Gasteiger partial charge >= 0.3 is 0 Å². The highest BCUT2D eigenvalue weighted by molar-refractivity contribution is 6.06. The van der Waals surface area contributed by atoms with E-state index in [1.807, 2.05) is 13.8 Å². The Morgan fingerprint density at radius 2 is 1.95 bits per heavy atom. The Kier molecular flexibility index (Phi) is 4.42. The van der Waals surface area contributed by atoms with Crippen molar-refractivity contribution in [3.63, 3.8) is 0 Å². The molecule has 0 radical (unpaired) electrons. The number of benzene rings is 1. The molecule has 0 aliphatic heterocycles. The van der Waals surface area contributed by atoms with Gasteiger partial charge in [0.2, 0.25) is 5.95 Å². The van der Waals surface area contributed by atoms with Gasteiger partial charge in [0.05, 0.1) is 17.0 Å². The minimum absolute atomic E-state index is 0.0568. The summed E-state index contributed by atoms with van der Waals surface area (Å²) in [5.74, 6) is -0.888. The SMILES string of the molecule is CCc1nnc(NC(=O)c2ccc(F)cc2N)nc1CC. The zero-order valence-electron chi connectivity index (χ0n) is 11.9. The summed E-state index contributed by atoms with van der Waals surface area (Å²) in [6.45, 7) is 3.91. The van der Waals surface area contributed by atoms with Crippen LogP contribution in [0.5, 0.6) is 0 Å². The van der Waals surface area contributed by atoms with Crippen molar-refractivity contribution in [1.82, 2.24) is 15.2 Å². The summed E-state index contributed by atoms with van der Waals surface area (Å²) in [4.78, 5) is 16.3. The van der Waals surface area contributed by atoms with Gasteiger partial charge in [0.15, 0.2) is 0 Å². The fourth-order valence-electron chi connectivity index (χ4n) is 1.90. The number of carbonyl (C=O) groups excluding carboxylic acids is 1. The maximum atomic E-state index is 13.0. The molecule has 1 aromatic heterocycles. The number of rotatable bonds is 4. The molecule has 2 aromatic rings. The summed E-state index contributed by atoms with van der Waals surface area (Å²) in [6.07, 6.45) is 1.42. The minimum atomic E-state index is -0.499. The third-order valence-corrected chi connectivity index (χ3v) is 2.99. The number of nitrogens with two attached hydrogens (primary N) is 1. The largest absolute Gasteiger partial charge is 0.398 e. The average molecular weight is 289 g/mol. The Morgan fingerprint density at radius 1 is 1.24 bits per heavy atom. The zero-order chi connectivity index (χ0) is 15.4. The van der Waals surface area contributed by atoms with Crippen LogP contribution in [0.4, 0.5) is 16.0 Å². The van der Waals surface area contributed by atoms with Crippen molar-refractivity contribution in [3.8, 4) is 0 Å². The lowest BCUT2D eigenvalue weighted by Gasteiger charge is -2.08. The van der Waals surface area contributed by atoms with Crippen molar-refractivity contribution in [2.75, 3.05) is 11.1 Å². The molecule has 0 saturated carbocycles. The second-order valence-corrected chi connectivity index (χ2v) is 4.42. The average Bonchev–Trinajstić information content (AvgIpc) is 2.46. The Bertz CT molecular complexity index is 674. The van der Waals surface area contributed by atoms with Gasteiger partial charge in [-0.15, -0.1) is 10.2 Å². The molecule has 0 spiro atoms. The third kappa shape index (κ3) is 3.31. The van der Waals surface area contributed by atoms with E-state index >= 15 is 0 Å². The lowest BCUT2D eigenvalue weighted by molar-refractivity contribution is 0.102. The third-order valence-electron chi connectivity index (χ3n) is 2.99. The van der Waals surface area contributed by atoms with Gasteiger partial charge < -0.3 is 5.73 Å². The van der Waals surface area contributed by atoms with Crippen molar-refractivity contribution in [1.29, 1.82) is 0 Å². The van der Waals surface area contributed by atoms with Gasteiger partial charge in [0.1, 0.15) is 5.82 Å². The summed E-state index contributed by atoms with van der Waals surface area (Å²) >= 11 is 0. The fraction of sp³-hybridized carbons (Fsp3) is 0.286. The molecule has 0 fully saturated rings. The van der Waals surface area contributed by atoms with E-state index in [2.05, 4.69) is 20.5 Å². The number of aryl methyl sites for hydroxylation is 2. The molecule has 0 bridgehead atoms. The molecule has 110 valence electrons. The van der Waals surface area contributed by atoms with Crippen molar-refractivity contribution < 1.29 is 9.18 Å². The van der Waals surface area contributed by atoms with Crippen LogP contribution in [0.15, 0.2) is 18.2 Å². The Labute approximate surface area is 121 Å². The predicted octanol–water partition coefficient (Wildman–Crippen LogP) is 1.97. The number of halogens is 1. The van der Waals surface area contributed by atoms with Crippen molar-refractivity contribution in [3.05, 3.63) is 41.0 Å². The number of anilines is 2. The van der Waals surface area contributed by atoms with Crippen LogP contribution in [0.1, 0.15) is 35.6 Å². The number of nitrogens with zero attached hydrogens (tertiary/aromatic N) is 3. The van der Waals surface area contributed by atoms with Gasteiger partial charge in [0, 0.05) is 5.69 Å². The number of amides is 1. The maximum absolute atomic E-state index is 13.0.